The van der Waals surface area contributed by atoms with Crippen LogP contribution in [0.15, 0.2) is 52.0 Å². The van der Waals surface area contributed by atoms with Crippen LogP contribution in [-0.2, 0) is 16.0 Å². The van der Waals surface area contributed by atoms with E-state index in [-0.39, 0.29) is 17.8 Å². The molecule has 1 unspecified atom stereocenters. The van der Waals surface area contributed by atoms with Crippen molar-refractivity contribution in [1.82, 2.24) is 20.6 Å². The summed E-state index contributed by atoms with van der Waals surface area (Å²) in [5, 5.41) is 9.66. The predicted octanol–water partition coefficient (Wildman–Crippen LogP) is 0.120. The number of hydrogen-bond donors (Lipinski definition) is 2. The number of rotatable bonds is 7. The average molecular weight is 355 g/mol. The number of aromatic nitrogens is 3. The number of Topliss-reactive ketones (excluding diaryl/α,β-unsaturated/α-hetero) is 1. The van der Waals surface area contributed by atoms with Crippen molar-refractivity contribution >= 4 is 17.6 Å². The van der Waals surface area contributed by atoms with E-state index in [1.165, 1.54) is 18.7 Å². The van der Waals surface area contributed by atoms with Crippen molar-refractivity contribution in [2.45, 2.75) is 12.5 Å². The molecule has 26 heavy (non-hydrogen) atoms. The summed E-state index contributed by atoms with van der Waals surface area (Å²) in [5.41, 5.74) is 5.97. The van der Waals surface area contributed by atoms with Gasteiger partial charge in [-0.3, -0.25) is 19.4 Å². The molecule has 132 valence electrons. The van der Waals surface area contributed by atoms with E-state index in [2.05, 4.69) is 25.2 Å². The number of furan rings is 1. The van der Waals surface area contributed by atoms with Crippen molar-refractivity contribution in [3.05, 3.63) is 54.2 Å². The lowest BCUT2D eigenvalue weighted by molar-refractivity contribution is -0.137. The Morgan fingerprint density at radius 3 is 2.69 bits per heavy atom. The molecule has 10 nitrogen and oxygen atoms in total. The number of carbonyl (C=O) groups is 3. The van der Waals surface area contributed by atoms with Crippen LogP contribution in [0.25, 0.3) is 11.4 Å². The molecule has 0 saturated heterocycles. The van der Waals surface area contributed by atoms with Gasteiger partial charge in [-0.05, 0) is 34.1 Å². The summed E-state index contributed by atoms with van der Waals surface area (Å²) < 4.78 is 9.55. The van der Waals surface area contributed by atoms with Crippen LogP contribution >= 0.6 is 0 Å². The zero-order valence-electron chi connectivity index (χ0n) is 13.3. The van der Waals surface area contributed by atoms with Gasteiger partial charge in [0, 0.05) is 12.6 Å². The molecule has 10 heteroatoms. The number of hydrogen-bond acceptors (Lipinski definition) is 8. The van der Waals surface area contributed by atoms with Gasteiger partial charge in [-0.25, -0.2) is 4.63 Å². The summed E-state index contributed by atoms with van der Waals surface area (Å²) >= 11 is 0. The third kappa shape index (κ3) is 3.64. The minimum absolute atomic E-state index is 0.0220. The summed E-state index contributed by atoms with van der Waals surface area (Å²) in [6, 6.07) is 5.43. The molecule has 0 fully saturated rings. The maximum Gasteiger partial charge on any atom is 0.287 e. The van der Waals surface area contributed by atoms with Crippen LogP contribution in [0.1, 0.15) is 16.1 Å². The number of pyridine rings is 1. The van der Waals surface area contributed by atoms with Crippen LogP contribution in [0.5, 0.6) is 0 Å². The maximum absolute atomic E-state index is 12.5. The molecule has 1 atom stereocenters. The lowest BCUT2D eigenvalue weighted by Gasteiger charge is -2.14. The molecular formula is C16H13N5O5. The summed E-state index contributed by atoms with van der Waals surface area (Å²) in [4.78, 5) is 39.9. The van der Waals surface area contributed by atoms with E-state index in [0.717, 1.165) is 0 Å². The number of carbonyl (C=O) groups excluding carboxylic acids is 3. The van der Waals surface area contributed by atoms with E-state index in [1.54, 1.807) is 24.3 Å². The number of nitrogens with two attached hydrogens (primary N) is 1. The Morgan fingerprint density at radius 1 is 1.19 bits per heavy atom. The number of nitrogens with zero attached hydrogens (tertiary/aromatic N) is 3. The molecule has 3 aromatic rings. The van der Waals surface area contributed by atoms with Crippen molar-refractivity contribution in [2.24, 2.45) is 5.73 Å². The van der Waals surface area contributed by atoms with Gasteiger partial charge < -0.3 is 15.5 Å². The first-order valence-corrected chi connectivity index (χ1v) is 7.46. The van der Waals surface area contributed by atoms with E-state index < -0.39 is 23.6 Å². The van der Waals surface area contributed by atoms with Crippen molar-refractivity contribution in [2.75, 3.05) is 0 Å². The smallest absolute Gasteiger partial charge is 0.287 e. The van der Waals surface area contributed by atoms with E-state index in [4.69, 9.17) is 10.2 Å². The quantitative estimate of drug-likeness (QED) is 0.566. The number of ketones is 1. The summed E-state index contributed by atoms with van der Waals surface area (Å²) in [5.74, 6) is -2.87. The lowest BCUT2D eigenvalue weighted by Crippen LogP contribution is -2.47. The molecule has 2 amide bonds. The number of nitrogens with one attached hydrogen (secondary N) is 1. The lowest BCUT2D eigenvalue weighted by atomic mass is 10.0. The molecule has 0 radical (unpaired) electrons. The second-order valence-electron chi connectivity index (χ2n) is 5.27. The number of primary amides is 1. The molecular weight excluding hydrogens is 342 g/mol. The van der Waals surface area contributed by atoms with Crippen molar-refractivity contribution < 1.29 is 23.4 Å². The summed E-state index contributed by atoms with van der Waals surface area (Å²) in [6.07, 6.45) is 4.34. The van der Waals surface area contributed by atoms with Gasteiger partial charge in [-0.1, -0.05) is 6.07 Å². The minimum Gasteiger partial charge on any atom is -0.472 e. The molecule has 3 N–H and O–H groups in total. The van der Waals surface area contributed by atoms with Gasteiger partial charge in [0.25, 0.3) is 11.8 Å². The molecule has 0 bridgehead atoms. The Morgan fingerprint density at radius 2 is 2.04 bits per heavy atom. The van der Waals surface area contributed by atoms with Crippen LogP contribution in [0.4, 0.5) is 0 Å². The third-order valence-corrected chi connectivity index (χ3v) is 3.50. The van der Waals surface area contributed by atoms with Crippen LogP contribution in [-0.4, -0.2) is 38.9 Å². The Kier molecular flexibility index (Phi) is 4.83. The average Bonchev–Trinajstić information content (AvgIpc) is 3.32. The van der Waals surface area contributed by atoms with Crippen LogP contribution in [0, 0.1) is 0 Å². The second kappa shape index (κ2) is 7.38. The van der Waals surface area contributed by atoms with Crippen molar-refractivity contribution in [3.63, 3.8) is 0 Å². The van der Waals surface area contributed by atoms with Gasteiger partial charge in [-0.15, -0.1) is 0 Å². The van der Waals surface area contributed by atoms with Gasteiger partial charge in [0.15, 0.2) is 5.69 Å². The van der Waals surface area contributed by atoms with Crippen molar-refractivity contribution in [1.29, 1.82) is 0 Å². The Bertz CT molecular complexity index is 920. The first-order chi connectivity index (χ1) is 12.6. The zero-order chi connectivity index (χ0) is 18.5. The van der Waals surface area contributed by atoms with Gasteiger partial charge in [0.2, 0.25) is 11.5 Å². The fourth-order valence-electron chi connectivity index (χ4n) is 2.26. The fourth-order valence-corrected chi connectivity index (χ4v) is 2.26. The van der Waals surface area contributed by atoms with E-state index in [0.29, 0.717) is 11.3 Å². The topological polar surface area (TPSA) is 154 Å². The van der Waals surface area contributed by atoms with Crippen LogP contribution < -0.4 is 11.1 Å². The van der Waals surface area contributed by atoms with Gasteiger partial charge >= 0.3 is 0 Å². The Labute approximate surface area is 146 Å². The van der Waals surface area contributed by atoms with E-state index in [9.17, 15) is 14.4 Å². The highest BCUT2D eigenvalue weighted by molar-refractivity contribution is 6.38. The Balaban J connectivity index is 1.83. The first kappa shape index (κ1) is 17.0. The first-order valence-electron chi connectivity index (χ1n) is 7.46. The Hall–Kier alpha value is -3.82. The van der Waals surface area contributed by atoms with E-state index >= 15 is 0 Å². The molecule has 0 aromatic carbocycles. The molecule has 0 spiro atoms. The van der Waals surface area contributed by atoms with Crippen LogP contribution in [0.2, 0.25) is 0 Å². The third-order valence-electron chi connectivity index (χ3n) is 3.50. The van der Waals surface area contributed by atoms with E-state index in [1.807, 2.05) is 0 Å². The van der Waals surface area contributed by atoms with Crippen LogP contribution in [0.3, 0.4) is 0 Å². The molecule has 3 heterocycles. The summed E-state index contributed by atoms with van der Waals surface area (Å²) in [7, 11) is 0. The monoisotopic (exact) mass is 355 g/mol. The fraction of sp³-hybridized carbons (Fsp3) is 0.125. The highest BCUT2D eigenvalue weighted by Crippen LogP contribution is 2.17. The molecule has 0 aliphatic rings. The standard InChI is InChI=1S/C16H13N5O5/c17-15(23)14(22)11(7-9-4-6-25-8-9)19-16(24)13-12(20-26-21-13)10-3-1-2-5-18-10/h1-6,8,11H,7H2,(H2,17,23)(H,19,24). The number of amides is 2. The van der Waals surface area contributed by atoms with Crippen molar-refractivity contribution in [3.8, 4) is 11.4 Å². The minimum atomic E-state index is -1.19. The highest BCUT2D eigenvalue weighted by atomic mass is 16.6. The molecule has 0 saturated carbocycles. The van der Waals surface area contributed by atoms with Gasteiger partial charge in [0.1, 0.15) is 6.04 Å². The highest BCUT2D eigenvalue weighted by Gasteiger charge is 2.29. The largest absolute Gasteiger partial charge is 0.472 e. The molecule has 0 aliphatic heterocycles. The van der Waals surface area contributed by atoms with Gasteiger partial charge in [0.05, 0.1) is 18.2 Å². The zero-order valence-corrected chi connectivity index (χ0v) is 13.3. The normalized spacial score (nSPS) is 11.7. The predicted molar refractivity (Wildman–Crippen MR) is 85.4 cm³/mol. The SMILES string of the molecule is NC(=O)C(=O)C(Cc1ccoc1)NC(=O)c1nonc1-c1ccccn1. The second-order valence-corrected chi connectivity index (χ2v) is 5.27. The maximum atomic E-state index is 12.5. The molecule has 3 rings (SSSR count). The van der Waals surface area contributed by atoms with Gasteiger partial charge in [-0.2, -0.15) is 0 Å². The summed E-state index contributed by atoms with van der Waals surface area (Å²) in [6.45, 7) is 0. The molecule has 3 aromatic heterocycles. The molecule has 0 aliphatic carbocycles.